The fourth-order valence-corrected chi connectivity index (χ4v) is 8.25. The van der Waals surface area contributed by atoms with Crippen molar-refractivity contribution in [3.05, 3.63) is 229 Å². The van der Waals surface area contributed by atoms with Crippen LogP contribution in [0.1, 0.15) is 34.6 Å². The molecular weight excluding hydrogens is 695 g/mol. The van der Waals surface area contributed by atoms with Gasteiger partial charge in [-0.25, -0.2) is 4.99 Å². The Balaban J connectivity index is 1.06. The van der Waals surface area contributed by atoms with E-state index in [1.54, 1.807) is 0 Å². The highest BCUT2D eigenvalue weighted by Gasteiger charge is 2.26. The predicted octanol–water partition coefficient (Wildman–Crippen LogP) is 12.6. The maximum atomic E-state index is 5.10. The number of hydrogen-bond acceptors (Lipinski definition) is 4. The second kappa shape index (κ2) is 14.8. The molecule has 0 bridgehead atoms. The third-order valence-corrected chi connectivity index (χ3v) is 11.0. The lowest BCUT2D eigenvalue weighted by Crippen LogP contribution is -2.44. The van der Waals surface area contributed by atoms with Gasteiger partial charge < -0.3 is 14.8 Å². The predicted molar refractivity (Wildman–Crippen MR) is 237 cm³/mol. The number of aryl methyl sites for hydroxylation is 1. The summed E-state index contributed by atoms with van der Waals surface area (Å²) in [6.45, 7) is 2.17. The summed E-state index contributed by atoms with van der Waals surface area (Å²) in [7, 11) is 0. The SMILES string of the molecule is Cc1ccccc1-c1ccc(N(c2ccccc2)c2cccc3c2c2ccccc2n3-c2ccc(C3NC(c4ccccc4)=NC(c4ccccc4)N3)cc2)cc1. The lowest BCUT2D eigenvalue weighted by atomic mass is 10.00. The summed E-state index contributed by atoms with van der Waals surface area (Å²) in [6, 6.07) is 73.4. The van der Waals surface area contributed by atoms with Gasteiger partial charge in [0.05, 0.1) is 16.7 Å². The monoisotopic (exact) mass is 735 g/mol. The van der Waals surface area contributed by atoms with E-state index in [1.807, 2.05) is 12.1 Å². The molecule has 2 heterocycles. The summed E-state index contributed by atoms with van der Waals surface area (Å²) in [5.41, 5.74) is 13.8. The molecule has 9 aromatic rings. The molecule has 0 saturated heterocycles. The molecule has 57 heavy (non-hydrogen) atoms. The van der Waals surface area contributed by atoms with Gasteiger partial charge in [-0.3, -0.25) is 5.32 Å². The minimum atomic E-state index is -0.186. The highest BCUT2D eigenvalue weighted by molar-refractivity contribution is 6.16. The molecule has 8 aromatic carbocycles. The summed E-state index contributed by atoms with van der Waals surface area (Å²) in [5.74, 6) is 0.875. The zero-order chi connectivity index (χ0) is 38.1. The zero-order valence-corrected chi connectivity index (χ0v) is 31.6. The molecule has 1 aliphatic heterocycles. The molecule has 5 nitrogen and oxygen atoms in total. The van der Waals surface area contributed by atoms with E-state index < -0.39 is 0 Å². The van der Waals surface area contributed by atoms with Gasteiger partial charge in [0.15, 0.2) is 0 Å². The van der Waals surface area contributed by atoms with Crippen LogP contribution >= 0.6 is 0 Å². The smallest absolute Gasteiger partial charge is 0.131 e. The molecule has 0 spiro atoms. The number of rotatable bonds is 8. The molecule has 0 aliphatic carbocycles. The first-order valence-corrected chi connectivity index (χ1v) is 19.5. The van der Waals surface area contributed by atoms with Crippen molar-refractivity contribution in [2.24, 2.45) is 4.99 Å². The van der Waals surface area contributed by atoms with Crippen molar-refractivity contribution in [2.75, 3.05) is 4.90 Å². The van der Waals surface area contributed by atoms with Crippen LogP contribution < -0.4 is 15.5 Å². The first-order valence-electron chi connectivity index (χ1n) is 19.5. The van der Waals surface area contributed by atoms with Crippen LogP contribution in [-0.2, 0) is 0 Å². The van der Waals surface area contributed by atoms with E-state index >= 15 is 0 Å². The number of benzene rings is 8. The third-order valence-electron chi connectivity index (χ3n) is 11.0. The average Bonchev–Trinajstić information content (AvgIpc) is 3.63. The topological polar surface area (TPSA) is 44.6 Å². The van der Waals surface area contributed by atoms with Gasteiger partial charge in [-0.05, 0) is 89.3 Å². The molecule has 5 heteroatoms. The fourth-order valence-electron chi connectivity index (χ4n) is 8.25. The fraction of sp³-hybridized carbons (Fsp3) is 0.0577. The van der Waals surface area contributed by atoms with Gasteiger partial charge in [0.1, 0.15) is 18.2 Å². The second-order valence-corrected chi connectivity index (χ2v) is 14.5. The van der Waals surface area contributed by atoms with Crippen LogP contribution in [0.3, 0.4) is 0 Å². The van der Waals surface area contributed by atoms with Crippen molar-refractivity contribution >= 4 is 44.7 Å². The Morgan fingerprint density at radius 1 is 0.509 bits per heavy atom. The van der Waals surface area contributed by atoms with E-state index in [2.05, 4.69) is 221 Å². The highest BCUT2D eigenvalue weighted by Crippen LogP contribution is 2.44. The summed E-state index contributed by atoms with van der Waals surface area (Å²) in [5, 5.41) is 9.85. The molecule has 0 saturated carbocycles. The van der Waals surface area contributed by atoms with Crippen molar-refractivity contribution in [3.63, 3.8) is 0 Å². The van der Waals surface area contributed by atoms with Gasteiger partial charge in [-0.2, -0.15) is 0 Å². The molecule has 2 atom stereocenters. The van der Waals surface area contributed by atoms with Gasteiger partial charge in [0, 0.05) is 33.4 Å². The first-order chi connectivity index (χ1) is 28.2. The Morgan fingerprint density at radius 3 is 1.89 bits per heavy atom. The summed E-state index contributed by atoms with van der Waals surface area (Å²) in [4.78, 5) is 7.49. The number of aliphatic imine (C=N–C) groups is 1. The van der Waals surface area contributed by atoms with Crippen molar-refractivity contribution in [2.45, 2.75) is 19.3 Å². The largest absolute Gasteiger partial charge is 0.350 e. The molecule has 0 radical (unpaired) electrons. The van der Waals surface area contributed by atoms with Crippen molar-refractivity contribution < 1.29 is 0 Å². The molecular formula is C52H41N5. The number of para-hydroxylation sites is 2. The molecule has 1 aromatic heterocycles. The molecule has 274 valence electrons. The van der Waals surface area contributed by atoms with Gasteiger partial charge in [0.2, 0.25) is 0 Å². The van der Waals surface area contributed by atoms with E-state index in [0.717, 1.165) is 56.3 Å². The Labute approximate surface area is 333 Å². The third kappa shape index (κ3) is 6.44. The Kier molecular flexibility index (Phi) is 8.90. The number of anilines is 3. The Bertz CT molecular complexity index is 2850. The number of fused-ring (bicyclic) bond motifs is 3. The number of nitrogens with zero attached hydrogens (tertiary/aromatic N) is 3. The van der Waals surface area contributed by atoms with Crippen LogP contribution in [0.25, 0.3) is 38.6 Å². The van der Waals surface area contributed by atoms with Crippen molar-refractivity contribution in [3.8, 4) is 16.8 Å². The van der Waals surface area contributed by atoms with Crippen LogP contribution in [0.5, 0.6) is 0 Å². The first kappa shape index (κ1) is 34.3. The molecule has 2 N–H and O–H groups in total. The second-order valence-electron chi connectivity index (χ2n) is 14.5. The average molecular weight is 736 g/mol. The van der Waals surface area contributed by atoms with Gasteiger partial charge >= 0.3 is 0 Å². The number of amidine groups is 1. The van der Waals surface area contributed by atoms with Crippen molar-refractivity contribution in [1.82, 2.24) is 15.2 Å². The van der Waals surface area contributed by atoms with Gasteiger partial charge in [0.25, 0.3) is 0 Å². The minimum Gasteiger partial charge on any atom is -0.350 e. The Morgan fingerprint density at radius 2 is 1.14 bits per heavy atom. The van der Waals surface area contributed by atoms with E-state index in [9.17, 15) is 0 Å². The van der Waals surface area contributed by atoms with E-state index in [4.69, 9.17) is 4.99 Å². The van der Waals surface area contributed by atoms with Crippen LogP contribution in [0, 0.1) is 6.92 Å². The molecule has 2 unspecified atom stereocenters. The van der Waals surface area contributed by atoms with E-state index in [0.29, 0.717) is 0 Å². The van der Waals surface area contributed by atoms with Crippen LogP contribution in [0.15, 0.2) is 211 Å². The van der Waals surface area contributed by atoms with E-state index in [1.165, 1.54) is 27.5 Å². The lowest BCUT2D eigenvalue weighted by molar-refractivity contribution is 0.409. The van der Waals surface area contributed by atoms with E-state index in [-0.39, 0.29) is 12.3 Å². The normalized spacial score (nSPS) is 15.3. The molecule has 0 fully saturated rings. The molecule has 0 amide bonds. The zero-order valence-electron chi connectivity index (χ0n) is 31.6. The summed E-state index contributed by atoms with van der Waals surface area (Å²) < 4.78 is 2.40. The lowest BCUT2D eigenvalue weighted by Gasteiger charge is -2.32. The van der Waals surface area contributed by atoms with Gasteiger partial charge in [-0.1, -0.05) is 152 Å². The van der Waals surface area contributed by atoms with Gasteiger partial charge in [-0.15, -0.1) is 0 Å². The molecule has 1 aliphatic rings. The maximum absolute atomic E-state index is 5.10. The van der Waals surface area contributed by atoms with Crippen LogP contribution in [-0.4, -0.2) is 10.4 Å². The number of aromatic nitrogens is 1. The summed E-state index contributed by atoms with van der Waals surface area (Å²) >= 11 is 0. The van der Waals surface area contributed by atoms with Crippen molar-refractivity contribution in [1.29, 1.82) is 0 Å². The standard InChI is InChI=1S/C52H41N5/c1-36-16-11-12-23-44(36)37-28-32-42(33-29-37)56(41-21-9-4-10-22-41)47-26-15-27-48-49(47)45-24-13-14-25-46(45)57(48)43-34-30-40(31-35-43)52-54-50(38-17-5-2-6-18-38)53-51(55-52)39-19-7-3-8-20-39/h2-35,50,52,54H,1H3,(H,53,55). The number of hydrogen-bond donors (Lipinski definition) is 2. The van der Waals surface area contributed by atoms with Crippen LogP contribution in [0.4, 0.5) is 17.1 Å². The highest BCUT2D eigenvalue weighted by atomic mass is 15.3. The number of nitrogens with one attached hydrogen (secondary N) is 2. The Hall–Kier alpha value is -7.21. The molecule has 10 rings (SSSR count). The summed E-state index contributed by atoms with van der Waals surface area (Å²) in [6.07, 6.45) is -0.326. The maximum Gasteiger partial charge on any atom is 0.131 e. The quantitative estimate of drug-likeness (QED) is 0.163. The van der Waals surface area contributed by atoms with Crippen LogP contribution in [0.2, 0.25) is 0 Å². The minimum absolute atomic E-state index is 0.140.